The summed E-state index contributed by atoms with van der Waals surface area (Å²) < 4.78 is 34.4. The van der Waals surface area contributed by atoms with Gasteiger partial charge in [0.1, 0.15) is 5.60 Å². The largest absolute Gasteiger partial charge is 0.443 e. The Morgan fingerprint density at radius 3 is 2.26 bits per heavy atom. The lowest BCUT2D eigenvalue weighted by molar-refractivity contribution is 0.0379. The van der Waals surface area contributed by atoms with E-state index >= 15 is 0 Å². The van der Waals surface area contributed by atoms with E-state index in [-0.39, 0.29) is 36.1 Å². The van der Waals surface area contributed by atoms with Gasteiger partial charge >= 0.3 is 16.3 Å². The van der Waals surface area contributed by atoms with Crippen molar-refractivity contribution in [2.45, 2.75) is 70.9 Å². The van der Waals surface area contributed by atoms with Crippen LogP contribution in [0.25, 0.3) is 0 Å². The van der Waals surface area contributed by atoms with Crippen LogP contribution in [0.3, 0.4) is 0 Å². The van der Waals surface area contributed by atoms with Gasteiger partial charge in [-0.15, -0.1) is 0 Å². The van der Waals surface area contributed by atoms with Crippen LogP contribution in [0.1, 0.15) is 70.4 Å². The van der Waals surface area contributed by atoms with Gasteiger partial charge in [-0.3, -0.25) is 9.78 Å². The summed E-state index contributed by atoms with van der Waals surface area (Å²) in [5.74, 6) is -0.380. The van der Waals surface area contributed by atoms with E-state index in [2.05, 4.69) is 10.3 Å². The third-order valence-electron chi connectivity index (χ3n) is 7.02. The molecule has 12 heteroatoms. The van der Waals surface area contributed by atoms with Crippen LogP contribution in [0.2, 0.25) is 10.0 Å². The first-order valence-corrected chi connectivity index (χ1v) is 14.9. The van der Waals surface area contributed by atoms with Crippen molar-refractivity contribution < 1.29 is 22.7 Å². The smallest absolute Gasteiger partial charge is 0.425 e. The van der Waals surface area contributed by atoms with E-state index in [0.29, 0.717) is 17.9 Å². The molecule has 1 aromatic carbocycles. The fourth-order valence-electron chi connectivity index (χ4n) is 4.93. The normalized spacial score (nSPS) is 16.4. The first kappa shape index (κ1) is 31.1. The molecule has 0 bridgehead atoms. The number of nitrogens with zero attached hydrogens (tertiary/aromatic N) is 3. The van der Waals surface area contributed by atoms with E-state index in [9.17, 15) is 18.0 Å². The van der Waals surface area contributed by atoms with Gasteiger partial charge in [0.2, 0.25) is 0 Å². The maximum Gasteiger partial charge on any atom is 0.425 e. The maximum absolute atomic E-state index is 13.5. The van der Waals surface area contributed by atoms with Crippen molar-refractivity contribution in [1.29, 1.82) is 0 Å². The van der Waals surface area contributed by atoms with Crippen LogP contribution in [0.15, 0.2) is 42.6 Å². The predicted molar refractivity (Wildman–Crippen MR) is 152 cm³/mol. The van der Waals surface area contributed by atoms with Crippen molar-refractivity contribution >= 4 is 45.4 Å². The molecule has 2 amide bonds. The number of hydrogen-bond acceptors (Lipinski definition) is 6. The predicted octanol–water partition coefficient (Wildman–Crippen LogP) is 5.43. The number of aromatic nitrogens is 1. The SMILES string of the molecule is CCN(C(=O)OC(C)(C)C)S(=O)(=O)N1CCC(c2ccccn2)(C(C)(C)NC(=O)c2ccc(Cl)cc2Cl)CC1. The molecule has 39 heavy (non-hydrogen) atoms. The molecule has 9 nitrogen and oxygen atoms in total. The second-order valence-electron chi connectivity index (χ2n) is 11.1. The third-order valence-corrected chi connectivity index (χ3v) is 9.55. The van der Waals surface area contributed by atoms with Gasteiger partial charge in [-0.1, -0.05) is 29.3 Å². The highest BCUT2D eigenvalue weighted by Crippen LogP contribution is 2.44. The van der Waals surface area contributed by atoms with Crippen molar-refractivity contribution in [1.82, 2.24) is 18.9 Å². The fourth-order valence-corrected chi connectivity index (χ4v) is 6.90. The monoisotopic (exact) mass is 598 g/mol. The third kappa shape index (κ3) is 6.67. The quantitative estimate of drug-likeness (QED) is 0.455. The zero-order chi connectivity index (χ0) is 29.2. The van der Waals surface area contributed by atoms with Crippen LogP contribution in [-0.2, 0) is 20.4 Å². The molecule has 0 unspecified atom stereocenters. The molecule has 0 atom stereocenters. The van der Waals surface area contributed by atoms with Crippen LogP contribution < -0.4 is 5.32 Å². The molecule has 1 saturated heterocycles. The lowest BCUT2D eigenvalue weighted by Gasteiger charge is -2.51. The molecule has 0 spiro atoms. The minimum Gasteiger partial charge on any atom is -0.443 e. The number of benzene rings is 1. The topological polar surface area (TPSA) is 109 Å². The number of amides is 2. The number of nitrogens with one attached hydrogen (secondary N) is 1. The summed E-state index contributed by atoms with van der Waals surface area (Å²) in [5.41, 5.74) is -1.43. The zero-order valence-corrected chi connectivity index (χ0v) is 25.5. The summed E-state index contributed by atoms with van der Waals surface area (Å²) in [7, 11) is -4.14. The fraction of sp³-hybridized carbons (Fsp3) is 0.519. The summed E-state index contributed by atoms with van der Waals surface area (Å²) in [6.07, 6.45) is 1.45. The molecule has 1 fully saturated rings. The van der Waals surface area contributed by atoms with E-state index < -0.39 is 32.9 Å². The number of piperidine rings is 1. The molecule has 0 saturated carbocycles. The second-order valence-corrected chi connectivity index (χ2v) is 13.7. The number of rotatable bonds is 7. The number of pyridine rings is 1. The summed E-state index contributed by atoms with van der Waals surface area (Å²) in [6, 6.07) is 10.2. The second kappa shape index (κ2) is 11.6. The minimum absolute atomic E-state index is 0.0669. The van der Waals surface area contributed by atoms with E-state index in [1.54, 1.807) is 52.1 Å². The number of carbonyl (C=O) groups is 2. The molecular formula is C27H36Cl2N4O5S. The van der Waals surface area contributed by atoms with Crippen molar-refractivity contribution in [3.05, 3.63) is 63.9 Å². The van der Waals surface area contributed by atoms with Crippen LogP contribution >= 0.6 is 23.2 Å². The molecule has 0 aliphatic carbocycles. The zero-order valence-electron chi connectivity index (χ0n) is 23.1. The Morgan fingerprint density at radius 1 is 1.10 bits per heavy atom. The van der Waals surface area contributed by atoms with E-state index in [1.807, 2.05) is 26.0 Å². The number of hydrogen-bond donors (Lipinski definition) is 1. The van der Waals surface area contributed by atoms with Gasteiger partial charge in [0.15, 0.2) is 0 Å². The van der Waals surface area contributed by atoms with Crippen LogP contribution in [0.4, 0.5) is 4.79 Å². The lowest BCUT2D eigenvalue weighted by Crippen LogP contribution is -2.63. The Kier molecular flexibility index (Phi) is 9.26. The highest BCUT2D eigenvalue weighted by atomic mass is 35.5. The number of ether oxygens (including phenoxy) is 1. The summed E-state index contributed by atoms with van der Waals surface area (Å²) in [6.45, 7) is 10.6. The summed E-state index contributed by atoms with van der Waals surface area (Å²) >= 11 is 12.3. The average molecular weight is 600 g/mol. The molecule has 3 rings (SSSR count). The first-order valence-electron chi connectivity index (χ1n) is 12.7. The molecule has 0 radical (unpaired) electrons. The highest BCUT2D eigenvalue weighted by Gasteiger charge is 2.52. The maximum atomic E-state index is 13.5. The van der Waals surface area contributed by atoms with Crippen molar-refractivity contribution in [3.63, 3.8) is 0 Å². The molecule has 1 aliphatic heterocycles. The Labute approximate surface area is 241 Å². The van der Waals surface area contributed by atoms with Gasteiger partial charge < -0.3 is 10.1 Å². The van der Waals surface area contributed by atoms with Gasteiger partial charge in [0.05, 0.1) is 10.6 Å². The van der Waals surface area contributed by atoms with Gasteiger partial charge in [-0.25, -0.2) is 4.79 Å². The molecular weight excluding hydrogens is 563 g/mol. The van der Waals surface area contributed by atoms with Crippen LogP contribution in [-0.4, -0.2) is 64.8 Å². The molecule has 2 aromatic rings. The van der Waals surface area contributed by atoms with Gasteiger partial charge in [0, 0.05) is 47.5 Å². The Hall–Kier alpha value is -2.40. The molecule has 2 heterocycles. The molecule has 1 N–H and O–H groups in total. The summed E-state index contributed by atoms with van der Waals surface area (Å²) in [4.78, 5) is 30.6. The van der Waals surface area contributed by atoms with E-state index in [0.717, 1.165) is 10.00 Å². The molecule has 1 aromatic heterocycles. The van der Waals surface area contributed by atoms with Crippen LogP contribution in [0.5, 0.6) is 0 Å². The van der Waals surface area contributed by atoms with Crippen molar-refractivity contribution in [3.8, 4) is 0 Å². The van der Waals surface area contributed by atoms with Crippen molar-refractivity contribution in [2.24, 2.45) is 0 Å². The van der Waals surface area contributed by atoms with Gasteiger partial charge in [-0.05, 0) is 84.7 Å². The Balaban J connectivity index is 1.91. The highest BCUT2D eigenvalue weighted by molar-refractivity contribution is 7.87. The number of carbonyl (C=O) groups excluding carboxylic acids is 2. The minimum atomic E-state index is -4.14. The average Bonchev–Trinajstić information content (AvgIpc) is 2.83. The van der Waals surface area contributed by atoms with Crippen LogP contribution in [0, 0.1) is 0 Å². The Bertz CT molecular complexity index is 1310. The molecule has 214 valence electrons. The van der Waals surface area contributed by atoms with Crippen molar-refractivity contribution in [2.75, 3.05) is 19.6 Å². The summed E-state index contributed by atoms with van der Waals surface area (Å²) in [5, 5.41) is 3.76. The van der Waals surface area contributed by atoms with E-state index in [1.165, 1.54) is 10.4 Å². The lowest BCUT2D eigenvalue weighted by atomic mass is 9.63. The first-order chi connectivity index (χ1) is 18.0. The standard InChI is InChI=1S/C27H36Cl2N4O5S/c1-7-33(24(35)38-25(2,3)4)39(36,37)32-16-13-27(14-17-32,22-10-8-9-15-30-22)26(5,6)31-23(34)20-12-11-19(28)18-21(20)29/h8-12,15,18H,7,13-14,16-17H2,1-6H3,(H,31,34). The number of halogens is 2. The van der Waals surface area contributed by atoms with Gasteiger partial charge in [-0.2, -0.15) is 17.0 Å². The Morgan fingerprint density at radius 2 is 1.74 bits per heavy atom. The van der Waals surface area contributed by atoms with Gasteiger partial charge in [0.25, 0.3) is 5.91 Å². The molecule has 1 aliphatic rings. The van der Waals surface area contributed by atoms with E-state index in [4.69, 9.17) is 27.9 Å².